The summed E-state index contributed by atoms with van der Waals surface area (Å²) in [5, 5.41) is 5.62. The summed E-state index contributed by atoms with van der Waals surface area (Å²) in [6.07, 6.45) is -4.79. The summed E-state index contributed by atoms with van der Waals surface area (Å²) in [5.41, 5.74) is -0.517. The number of carbonyl (C=O) groups is 1. The van der Waals surface area contributed by atoms with Crippen molar-refractivity contribution in [2.24, 2.45) is 0 Å². The fraction of sp³-hybridized carbons (Fsp3) is 0.304. The number of carbonyl (C=O) groups excluding carboxylic acids is 1. The van der Waals surface area contributed by atoms with Gasteiger partial charge in [0.05, 0.1) is 0 Å². The van der Waals surface area contributed by atoms with Gasteiger partial charge in [-0.1, -0.05) is 9.63 Å². The molecular weight excluding hydrogens is 577 g/mol. The first-order valence-electron chi connectivity index (χ1n) is 11.4. The Hall–Kier alpha value is -3.86. The lowest BCUT2D eigenvalue weighted by molar-refractivity contribution is -0.199. The van der Waals surface area contributed by atoms with Crippen LogP contribution in [0.3, 0.4) is 0 Å². The van der Waals surface area contributed by atoms with Crippen LogP contribution in [0.25, 0.3) is 0 Å². The van der Waals surface area contributed by atoms with Crippen LogP contribution in [0.5, 0.6) is 0 Å². The highest BCUT2D eigenvalue weighted by Gasteiger charge is 2.46. The molecule has 17 heteroatoms. The second-order valence-corrected chi connectivity index (χ2v) is 10.3. The van der Waals surface area contributed by atoms with Crippen LogP contribution < -0.4 is 9.79 Å². The fourth-order valence-corrected chi connectivity index (χ4v) is 5.00. The minimum atomic E-state index is -5.70. The van der Waals surface area contributed by atoms with E-state index in [1.807, 2.05) is 4.90 Å². The van der Waals surface area contributed by atoms with Crippen molar-refractivity contribution in [1.29, 1.82) is 0 Å². The highest BCUT2D eigenvalue weighted by atomic mass is 32.2. The van der Waals surface area contributed by atoms with E-state index in [0.29, 0.717) is 25.2 Å². The molecule has 0 amide bonds. The third-order valence-corrected chi connectivity index (χ3v) is 7.40. The van der Waals surface area contributed by atoms with E-state index in [0.717, 1.165) is 24.6 Å². The smallest absolute Gasteiger partial charge is 0.381 e. The van der Waals surface area contributed by atoms with Crippen LogP contribution in [0.1, 0.15) is 23.3 Å². The Balaban J connectivity index is 1.64. The van der Waals surface area contributed by atoms with E-state index in [2.05, 4.69) is 19.8 Å². The number of alkyl halides is 3. The molecule has 0 atom stereocenters. The van der Waals surface area contributed by atoms with Gasteiger partial charge in [0.1, 0.15) is 29.0 Å². The maximum Gasteiger partial charge on any atom is 0.493 e. The van der Waals surface area contributed by atoms with Crippen molar-refractivity contribution in [3.63, 3.8) is 0 Å². The number of halogens is 7. The van der Waals surface area contributed by atoms with Gasteiger partial charge in [-0.05, 0) is 50.7 Å². The summed E-state index contributed by atoms with van der Waals surface area (Å²) in [7, 11) is -5.70. The molecule has 0 saturated carbocycles. The first kappa shape index (κ1) is 29.1. The van der Waals surface area contributed by atoms with Gasteiger partial charge in [-0.3, -0.25) is 4.90 Å². The number of nitrogens with one attached hydrogen (secondary N) is 1. The predicted molar refractivity (Wildman–Crippen MR) is 123 cm³/mol. The molecule has 0 unspecified atom stereocenters. The lowest BCUT2D eigenvalue weighted by Crippen LogP contribution is -2.39. The van der Waals surface area contributed by atoms with Gasteiger partial charge in [-0.2, -0.15) is 21.6 Å². The third-order valence-electron chi connectivity index (χ3n) is 5.79. The van der Waals surface area contributed by atoms with Crippen LogP contribution in [0.15, 0.2) is 39.8 Å². The lowest BCUT2D eigenvalue weighted by Gasteiger charge is -2.31. The van der Waals surface area contributed by atoms with Crippen LogP contribution in [0.4, 0.5) is 42.2 Å². The number of anilines is 2. The zero-order valence-corrected chi connectivity index (χ0v) is 21.2. The van der Waals surface area contributed by atoms with Gasteiger partial charge in [0.15, 0.2) is 4.90 Å². The quantitative estimate of drug-likeness (QED) is 0.283. The van der Waals surface area contributed by atoms with Gasteiger partial charge in [0.25, 0.3) is 0 Å². The van der Waals surface area contributed by atoms with Crippen molar-refractivity contribution in [2.75, 3.05) is 22.9 Å². The van der Waals surface area contributed by atoms with E-state index in [1.54, 1.807) is 0 Å². The van der Waals surface area contributed by atoms with Crippen LogP contribution in [-0.4, -0.2) is 43.7 Å². The van der Waals surface area contributed by atoms with Crippen molar-refractivity contribution >= 4 is 27.5 Å². The second kappa shape index (κ2) is 11.0. The SMILES string of the molecule is Cc1cc(N(OC(=O)C(F)(F)F)S(=O)(=O)c2c(F)cc(NCc3c(F)ccc(F)c3CN3CCC3)cc2F)no1. The number of sulfonamides is 1. The summed E-state index contributed by atoms with van der Waals surface area (Å²) in [5.74, 6) is -9.31. The molecule has 2 heterocycles. The molecule has 1 N–H and O–H groups in total. The Morgan fingerprint density at radius 3 is 2.15 bits per heavy atom. The molecule has 1 saturated heterocycles. The molecule has 9 nitrogen and oxygen atoms in total. The molecule has 0 radical (unpaired) electrons. The van der Waals surface area contributed by atoms with Gasteiger partial charge >= 0.3 is 22.2 Å². The molecule has 1 aliphatic rings. The van der Waals surface area contributed by atoms with E-state index < -0.39 is 72.9 Å². The summed E-state index contributed by atoms with van der Waals surface area (Å²) < 4.78 is 127. The number of benzene rings is 2. The first-order chi connectivity index (χ1) is 18.7. The maximum absolute atomic E-state index is 15.0. The molecule has 0 bridgehead atoms. The molecule has 216 valence electrons. The zero-order valence-electron chi connectivity index (χ0n) is 20.4. The lowest BCUT2D eigenvalue weighted by atomic mass is 10.0. The standard InChI is InChI=1S/C23H19F7N4O5S/c1-12-7-20(32-38-12)34(39-22(35)23(28,29)30)40(36,37)21-18(26)8-13(9-19(21)27)31-10-14-15(11-33-5-2-6-33)17(25)4-3-16(14)24/h3-4,7-9,31H,2,5-6,10-11H2,1H3. The Kier molecular flexibility index (Phi) is 7.98. The summed E-state index contributed by atoms with van der Waals surface area (Å²) in [6.45, 7) is 2.21. The van der Waals surface area contributed by atoms with Gasteiger partial charge in [0.2, 0.25) is 5.82 Å². The van der Waals surface area contributed by atoms with E-state index in [1.165, 1.54) is 6.92 Å². The van der Waals surface area contributed by atoms with Crippen molar-refractivity contribution in [2.45, 2.75) is 37.5 Å². The minimum absolute atomic E-state index is 0.0253. The summed E-state index contributed by atoms with van der Waals surface area (Å²) in [6, 6.07) is 3.48. The molecule has 1 aliphatic heterocycles. The van der Waals surface area contributed by atoms with E-state index in [9.17, 15) is 43.9 Å². The van der Waals surface area contributed by atoms with Crippen LogP contribution in [0, 0.1) is 30.2 Å². The van der Waals surface area contributed by atoms with Gasteiger partial charge in [0, 0.05) is 36.0 Å². The van der Waals surface area contributed by atoms with Crippen molar-refractivity contribution < 1.29 is 53.3 Å². The molecule has 40 heavy (non-hydrogen) atoms. The zero-order chi connectivity index (χ0) is 29.4. The number of hydrogen-bond acceptors (Lipinski definition) is 8. The Morgan fingerprint density at radius 1 is 1.05 bits per heavy atom. The molecule has 0 aliphatic carbocycles. The van der Waals surface area contributed by atoms with E-state index >= 15 is 0 Å². The Bertz CT molecular complexity index is 1520. The minimum Gasteiger partial charge on any atom is -0.381 e. The van der Waals surface area contributed by atoms with E-state index in [4.69, 9.17) is 0 Å². The van der Waals surface area contributed by atoms with E-state index in [-0.39, 0.29) is 23.4 Å². The van der Waals surface area contributed by atoms with Crippen molar-refractivity contribution in [1.82, 2.24) is 10.1 Å². The molecule has 4 rings (SSSR count). The third kappa shape index (κ3) is 5.99. The van der Waals surface area contributed by atoms with Crippen LogP contribution >= 0.6 is 0 Å². The summed E-state index contributed by atoms with van der Waals surface area (Å²) in [4.78, 5) is 15.3. The van der Waals surface area contributed by atoms with Crippen molar-refractivity contribution in [3.8, 4) is 0 Å². The fourth-order valence-electron chi connectivity index (χ4n) is 3.73. The largest absolute Gasteiger partial charge is 0.493 e. The number of likely N-dealkylation sites (tertiary alicyclic amines) is 1. The summed E-state index contributed by atoms with van der Waals surface area (Å²) >= 11 is 0. The molecule has 2 aromatic carbocycles. The number of aromatic nitrogens is 1. The topological polar surface area (TPSA) is 105 Å². The monoisotopic (exact) mass is 596 g/mol. The molecule has 0 spiro atoms. The Labute approximate surface area is 222 Å². The number of aryl methyl sites for hydroxylation is 1. The van der Waals surface area contributed by atoms with Gasteiger partial charge < -0.3 is 14.7 Å². The average Bonchev–Trinajstić information content (AvgIpc) is 3.25. The number of hydrogen-bond donors (Lipinski definition) is 1. The first-order valence-corrected chi connectivity index (χ1v) is 12.8. The second-order valence-electron chi connectivity index (χ2n) is 8.64. The molecule has 1 fully saturated rings. The average molecular weight is 596 g/mol. The molecular formula is C23H19F7N4O5S. The van der Waals surface area contributed by atoms with Crippen LogP contribution in [-0.2, 0) is 32.7 Å². The highest BCUT2D eigenvalue weighted by molar-refractivity contribution is 7.92. The van der Waals surface area contributed by atoms with Gasteiger partial charge in [-0.25, -0.2) is 22.4 Å². The Morgan fingerprint density at radius 2 is 1.65 bits per heavy atom. The number of nitrogens with zero attached hydrogens (tertiary/aromatic N) is 3. The maximum atomic E-state index is 15.0. The molecule has 3 aromatic rings. The van der Waals surface area contributed by atoms with Gasteiger partial charge in [-0.15, -0.1) is 0 Å². The highest BCUT2D eigenvalue weighted by Crippen LogP contribution is 2.32. The normalized spacial score (nSPS) is 14.1. The number of rotatable bonds is 9. The predicted octanol–water partition coefficient (Wildman–Crippen LogP) is 4.57. The van der Waals surface area contributed by atoms with Crippen LogP contribution in [0.2, 0.25) is 0 Å². The molecule has 1 aromatic heterocycles. The van der Waals surface area contributed by atoms with Crippen molar-refractivity contribution in [3.05, 3.63) is 70.5 Å².